The first-order chi connectivity index (χ1) is 25.9. The summed E-state index contributed by atoms with van der Waals surface area (Å²) in [5.41, 5.74) is 15.8. The number of hydrogen-bond donors (Lipinski definition) is 6. The van der Waals surface area contributed by atoms with Crippen molar-refractivity contribution in [3.63, 3.8) is 0 Å². The van der Waals surface area contributed by atoms with Gasteiger partial charge in [-0.2, -0.15) is 40.5 Å². The number of carboxylic acid groups (broad SMARTS) is 2. The van der Waals surface area contributed by atoms with Gasteiger partial charge in [0.1, 0.15) is 11.1 Å². The van der Waals surface area contributed by atoms with Crippen molar-refractivity contribution in [1.82, 2.24) is 14.5 Å². The Morgan fingerprint density at radius 1 is 0.690 bits per heavy atom. The van der Waals surface area contributed by atoms with Crippen molar-refractivity contribution in [2.45, 2.75) is 78.4 Å². The number of rotatable bonds is 5. The molecule has 4 aliphatic rings. The van der Waals surface area contributed by atoms with E-state index in [1.165, 1.54) is 37.0 Å². The quantitative estimate of drug-likeness (QED) is 0.143. The zero-order valence-corrected chi connectivity index (χ0v) is 36.0. The maximum Gasteiger partial charge on any atom is 0.341 e. The van der Waals surface area contributed by atoms with Gasteiger partial charge in [0, 0.05) is 49.2 Å². The Morgan fingerprint density at radius 3 is 1.45 bits per heavy atom. The fourth-order valence-corrected chi connectivity index (χ4v) is 7.62. The predicted molar refractivity (Wildman–Crippen MR) is 237 cm³/mol. The fourth-order valence-electron chi connectivity index (χ4n) is 7.62. The summed E-state index contributed by atoms with van der Waals surface area (Å²) < 4.78 is 46.2. The topological polar surface area (TPSA) is 212 Å². The van der Waals surface area contributed by atoms with Crippen molar-refractivity contribution in [3.05, 3.63) is 72.5 Å². The average Bonchev–Trinajstić information content (AvgIpc) is 4.07. The van der Waals surface area contributed by atoms with Crippen molar-refractivity contribution < 1.29 is 33.0 Å². The normalized spacial score (nSPS) is 20.9. The van der Waals surface area contributed by atoms with Crippen LogP contribution in [0.2, 0.25) is 0 Å². The van der Waals surface area contributed by atoms with Crippen LogP contribution in [-0.2, 0) is 0 Å². The lowest BCUT2D eigenvalue weighted by atomic mass is 10.0. The van der Waals surface area contributed by atoms with E-state index in [9.17, 15) is 33.1 Å². The Balaban J connectivity index is 0.000000259. The summed E-state index contributed by atoms with van der Waals surface area (Å²) >= 11 is 0. The maximum absolute atomic E-state index is 15.3. The zero-order valence-electron chi connectivity index (χ0n) is 33.0. The van der Waals surface area contributed by atoms with Crippen LogP contribution < -0.4 is 38.3 Å². The lowest BCUT2D eigenvalue weighted by molar-refractivity contribution is 0.0684. The van der Waals surface area contributed by atoms with E-state index in [-0.39, 0.29) is 97.6 Å². The minimum absolute atomic E-state index is 0. The second-order valence-corrected chi connectivity index (χ2v) is 15.6. The predicted octanol–water partition coefficient (Wildman–Crippen LogP) is 5.25. The molecule has 0 bridgehead atoms. The molecule has 320 valence electrons. The van der Waals surface area contributed by atoms with Crippen molar-refractivity contribution >= 4 is 91.3 Å². The molecule has 2 aliphatic carbocycles. The first kappa shape index (κ1) is 48.3. The Labute approximate surface area is 354 Å². The van der Waals surface area contributed by atoms with Gasteiger partial charge in [0.15, 0.2) is 17.5 Å². The molecule has 0 spiro atoms. The van der Waals surface area contributed by atoms with Gasteiger partial charge in [-0.05, 0) is 75.9 Å². The summed E-state index contributed by atoms with van der Waals surface area (Å²) in [5.74, 6) is -3.85. The van der Waals surface area contributed by atoms with Crippen LogP contribution in [-0.4, -0.2) is 63.5 Å². The summed E-state index contributed by atoms with van der Waals surface area (Å²) in [6.07, 6.45) is 5.90. The van der Waals surface area contributed by atoms with Crippen molar-refractivity contribution in [3.8, 4) is 0 Å². The van der Waals surface area contributed by atoms with Crippen LogP contribution in [0.5, 0.6) is 0 Å². The number of nitrogens with one attached hydrogen (secondary N) is 1. The number of benzene rings is 2. The highest BCUT2D eigenvalue weighted by atomic mass is 32.1. The second kappa shape index (κ2) is 18.5. The minimum Gasteiger partial charge on any atom is -0.477 e. The van der Waals surface area contributed by atoms with Crippen molar-refractivity contribution in [2.24, 2.45) is 23.5 Å². The number of nitrogens with two attached hydrogens (primary N) is 3. The first-order valence-corrected chi connectivity index (χ1v) is 18.5. The second-order valence-electron chi connectivity index (χ2n) is 15.6. The van der Waals surface area contributed by atoms with Gasteiger partial charge in [-0.1, -0.05) is 20.8 Å². The molecule has 4 atom stereocenters. The number of nitrogens with zero attached hydrogens (tertiary/aromatic N) is 3. The van der Waals surface area contributed by atoms with E-state index in [2.05, 4.69) is 19.2 Å². The summed E-state index contributed by atoms with van der Waals surface area (Å²) in [6.45, 7) is 13.3. The summed E-state index contributed by atoms with van der Waals surface area (Å²) in [5, 5.41) is 21.5. The van der Waals surface area contributed by atoms with Crippen LogP contribution in [0.4, 0.5) is 30.2 Å². The van der Waals surface area contributed by atoms with E-state index < -0.39 is 51.5 Å². The third-order valence-corrected chi connectivity index (χ3v) is 11.5. The number of carboxylic acids is 2. The average molecular weight is 870 g/mol. The largest absolute Gasteiger partial charge is 0.477 e. The van der Waals surface area contributed by atoms with E-state index in [1.54, 1.807) is 11.5 Å². The lowest BCUT2D eigenvalue weighted by Gasteiger charge is -2.25. The van der Waals surface area contributed by atoms with Crippen LogP contribution in [0.3, 0.4) is 0 Å². The molecule has 8 rings (SSSR count). The van der Waals surface area contributed by atoms with Gasteiger partial charge in [0.05, 0.1) is 38.9 Å². The zero-order chi connectivity index (χ0) is 40.4. The van der Waals surface area contributed by atoms with Gasteiger partial charge in [-0.15, -0.1) is 0 Å². The van der Waals surface area contributed by atoms with Crippen molar-refractivity contribution in [1.29, 1.82) is 0 Å². The third kappa shape index (κ3) is 8.78. The van der Waals surface area contributed by atoms with E-state index in [0.29, 0.717) is 29.9 Å². The molecule has 4 unspecified atom stereocenters. The molecule has 2 aromatic heterocycles. The molecule has 2 saturated carbocycles. The number of halogens is 3. The highest BCUT2D eigenvalue weighted by Gasteiger charge is 2.35. The summed E-state index contributed by atoms with van der Waals surface area (Å²) in [4.78, 5) is 49.6. The summed E-state index contributed by atoms with van der Waals surface area (Å²) in [7, 11) is 0. The maximum atomic E-state index is 15.3. The molecular formula is C39H54F3N7O6S3. The lowest BCUT2D eigenvalue weighted by Crippen LogP contribution is -2.29. The Bertz CT molecular complexity index is 2350. The Hall–Kier alpha value is -4.04. The Morgan fingerprint density at radius 2 is 1.10 bits per heavy atom. The number of fused-ring (bicyclic) bond motifs is 2. The Kier molecular flexibility index (Phi) is 15.4. The number of carbonyl (C=O) groups is 2. The minimum atomic E-state index is -1.42. The third-order valence-electron chi connectivity index (χ3n) is 11.5. The highest BCUT2D eigenvalue weighted by Crippen LogP contribution is 2.43. The van der Waals surface area contributed by atoms with E-state index >= 15 is 4.39 Å². The number of pyridine rings is 2. The van der Waals surface area contributed by atoms with Gasteiger partial charge in [-0.3, -0.25) is 9.59 Å². The van der Waals surface area contributed by atoms with E-state index in [4.69, 9.17) is 22.3 Å². The smallest absolute Gasteiger partial charge is 0.341 e. The molecule has 9 N–H and O–H groups in total. The molecule has 2 saturated heterocycles. The van der Waals surface area contributed by atoms with Crippen LogP contribution in [0, 0.1) is 49.1 Å². The van der Waals surface area contributed by atoms with Gasteiger partial charge >= 0.3 is 11.9 Å². The van der Waals surface area contributed by atoms with Crippen LogP contribution >= 0.6 is 40.5 Å². The number of anilines is 3. The van der Waals surface area contributed by atoms with Gasteiger partial charge in [0.25, 0.3) is 0 Å². The van der Waals surface area contributed by atoms with Gasteiger partial charge < -0.3 is 46.8 Å². The van der Waals surface area contributed by atoms with Crippen LogP contribution in [0.1, 0.15) is 90.4 Å². The van der Waals surface area contributed by atoms with Gasteiger partial charge in [-0.25, -0.2) is 22.8 Å². The number of hydrogen-bond acceptors (Lipinski definition) is 9. The molecule has 2 aromatic carbocycles. The molecule has 58 heavy (non-hydrogen) atoms. The molecule has 0 radical (unpaired) electrons. The van der Waals surface area contributed by atoms with E-state index in [0.717, 1.165) is 37.5 Å². The highest BCUT2D eigenvalue weighted by molar-refractivity contribution is 7.59. The molecule has 0 amide bonds. The van der Waals surface area contributed by atoms with E-state index in [1.807, 2.05) is 11.8 Å². The fraction of sp³-hybridized carbons (Fsp3) is 0.487. The van der Waals surface area contributed by atoms with Crippen LogP contribution in [0.25, 0.3) is 21.8 Å². The number of aryl methyl sites for hydroxylation is 2. The molecule has 4 aromatic rings. The summed E-state index contributed by atoms with van der Waals surface area (Å²) in [6, 6.07) is 0.0114. The standard InChI is InChI=1S/C19H23FN4O3.C14H12F2N2O3.C6H13N.3H2S/c1-8-5-23(7-12(8)21)17-9(2)16-13(15(22)14(17)20)18(25)11(19(26)27)6-24(16)10-3-4-10;1-5-9(15)10(16)11(17)8-12(5)18(6-2-3-6)4-7(13(8)19)14(20)21;1-5-3-7-4-6(5)2;;;/h6,8,10,12H,3-5,7,21-22H2,1-2H3,(H,26,27);4,6H,2-3,17H2,1H3,(H,20,21);5-7H,3-4H2,1-2H3;3*1H2. The first-order valence-electron chi connectivity index (χ1n) is 18.5. The molecule has 19 heteroatoms. The molecule has 2 aliphatic heterocycles. The van der Waals surface area contributed by atoms with Crippen molar-refractivity contribution in [2.75, 3.05) is 42.5 Å². The number of nitrogen functional groups attached to an aromatic ring is 2. The van der Waals surface area contributed by atoms with Gasteiger partial charge in [0.2, 0.25) is 10.9 Å². The molecule has 4 heterocycles. The number of aromatic nitrogens is 2. The molecule has 4 fully saturated rings. The molecular weight excluding hydrogens is 816 g/mol. The molecule has 13 nitrogen and oxygen atoms in total. The number of aromatic carboxylic acids is 2. The SMILES string of the molecule is CC1CNCC1C.Cc1c(F)c(F)c(N)c2c(=O)c(C(=O)O)cn(C3CC3)c12.Cc1c(N2CC(C)C(N)C2)c(F)c(N)c2c(=O)c(C(=O)O)cn(C3CC3)c12.S.S.S. The van der Waals surface area contributed by atoms with Crippen LogP contribution in [0.15, 0.2) is 22.0 Å². The monoisotopic (exact) mass is 869 g/mol.